The fourth-order valence-electron chi connectivity index (χ4n) is 2.52. The summed E-state index contributed by atoms with van der Waals surface area (Å²) in [6.45, 7) is 0. The van der Waals surface area contributed by atoms with Crippen molar-refractivity contribution >= 4 is 18.4 Å². The molecular weight excluding hydrogens is 368 g/mol. The minimum absolute atomic E-state index is 0.0771. The molecule has 0 saturated heterocycles. The van der Waals surface area contributed by atoms with Crippen molar-refractivity contribution in [3.8, 4) is 34.4 Å². The average molecular weight is 386 g/mol. The van der Waals surface area contributed by atoms with Gasteiger partial charge >= 0.3 is 0 Å². The molecule has 0 aliphatic rings. The fourth-order valence-corrected chi connectivity index (χ4v) is 2.69. The summed E-state index contributed by atoms with van der Waals surface area (Å²) in [6.07, 6.45) is 1.56. The summed E-state index contributed by atoms with van der Waals surface area (Å²) in [5, 5.41) is 21.4. The zero-order chi connectivity index (χ0) is 19.4. The van der Waals surface area contributed by atoms with Gasteiger partial charge in [0.2, 0.25) is 10.5 Å². The molecule has 3 rings (SSSR count). The maximum atomic E-state index is 10.0. The Kier molecular flexibility index (Phi) is 5.41. The lowest BCUT2D eigenvalue weighted by atomic mass is 10.2. The number of aromatic nitrogens is 3. The number of hydrogen-bond donors (Lipinski definition) is 2. The van der Waals surface area contributed by atoms with E-state index in [1.165, 1.54) is 18.9 Å². The lowest BCUT2D eigenvalue weighted by Crippen LogP contribution is -1.98. The number of para-hydroxylation sites is 1. The van der Waals surface area contributed by atoms with Crippen molar-refractivity contribution in [2.75, 3.05) is 21.3 Å². The molecule has 0 aliphatic heterocycles. The lowest BCUT2D eigenvalue weighted by molar-refractivity contribution is 0.340. The fraction of sp³-hybridized carbons (Fsp3) is 0.167. The normalized spacial score (nSPS) is 10.9. The Hall–Kier alpha value is -3.33. The molecule has 27 heavy (non-hydrogen) atoms. The molecule has 140 valence electrons. The highest BCUT2D eigenvalue weighted by atomic mass is 32.1. The van der Waals surface area contributed by atoms with E-state index >= 15 is 0 Å². The third-order valence-electron chi connectivity index (χ3n) is 3.82. The van der Waals surface area contributed by atoms with Gasteiger partial charge in [-0.2, -0.15) is 14.9 Å². The number of ether oxygens (including phenoxy) is 3. The van der Waals surface area contributed by atoms with Crippen molar-refractivity contribution in [2.24, 2.45) is 5.10 Å². The van der Waals surface area contributed by atoms with Gasteiger partial charge in [0.15, 0.2) is 17.3 Å². The summed E-state index contributed by atoms with van der Waals surface area (Å²) in [6, 6.07) is 10.7. The monoisotopic (exact) mass is 386 g/mol. The maximum Gasteiger partial charge on any atom is 0.216 e. The highest BCUT2D eigenvalue weighted by molar-refractivity contribution is 7.71. The summed E-state index contributed by atoms with van der Waals surface area (Å²) >= 11 is 5.29. The quantitative estimate of drug-likeness (QED) is 0.499. The Balaban J connectivity index is 2.05. The average Bonchev–Trinajstić information content (AvgIpc) is 3.07. The molecule has 0 bridgehead atoms. The molecule has 0 unspecified atom stereocenters. The minimum Gasteiger partial charge on any atom is -0.502 e. The number of rotatable bonds is 6. The van der Waals surface area contributed by atoms with Crippen molar-refractivity contribution in [3.63, 3.8) is 0 Å². The first-order chi connectivity index (χ1) is 13.1. The third kappa shape index (κ3) is 3.63. The van der Waals surface area contributed by atoms with E-state index in [1.807, 2.05) is 24.3 Å². The molecule has 1 heterocycles. The first-order valence-electron chi connectivity index (χ1n) is 7.89. The molecule has 1 aromatic heterocycles. The molecule has 2 N–H and O–H groups in total. The maximum absolute atomic E-state index is 10.0. The van der Waals surface area contributed by atoms with Gasteiger partial charge in [-0.1, -0.05) is 12.1 Å². The van der Waals surface area contributed by atoms with Crippen LogP contribution < -0.4 is 14.2 Å². The van der Waals surface area contributed by atoms with Crippen LogP contribution >= 0.6 is 12.2 Å². The van der Waals surface area contributed by atoms with Crippen LogP contribution in [0.5, 0.6) is 23.0 Å². The largest absolute Gasteiger partial charge is 0.502 e. The number of aromatic amines is 1. The molecular formula is C18H18N4O4S. The van der Waals surface area contributed by atoms with Crippen LogP contribution in [-0.2, 0) is 0 Å². The van der Waals surface area contributed by atoms with E-state index < -0.39 is 0 Å². The van der Waals surface area contributed by atoms with E-state index in [9.17, 15) is 5.11 Å². The van der Waals surface area contributed by atoms with E-state index in [0.29, 0.717) is 21.9 Å². The van der Waals surface area contributed by atoms with Gasteiger partial charge in [0.25, 0.3) is 0 Å². The van der Waals surface area contributed by atoms with Crippen LogP contribution in [-0.4, -0.2) is 47.5 Å². The first-order valence-corrected chi connectivity index (χ1v) is 8.30. The van der Waals surface area contributed by atoms with Gasteiger partial charge in [-0.05, 0) is 36.5 Å². The van der Waals surface area contributed by atoms with Crippen LogP contribution in [0.25, 0.3) is 11.4 Å². The molecule has 0 radical (unpaired) electrons. The second-order valence-electron chi connectivity index (χ2n) is 5.38. The second-order valence-corrected chi connectivity index (χ2v) is 5.77. The van der Waals surface area contributed by atoms with Crippen LogP contribution in [0.15, 0.2) is 41.5 Å². The number of aromatic hydroxyl groups is 1. The molecule has 0 saturated carbocycles. The van der Waals surface area contributed by atoms with E-state index in [0.717, 1.165) is 5.56 Å². The van der Waals surface area contributed by atoms with Gasteiger partial charge in [0.05, 0.1) is 33.1 Å². The first kappa shape index (κ1) is 18.5. The SMILES string of the molecule is COc1ccccc1-c1n[nH]c(=S)n1/N=C/c1cc(OC)c(O)c(OC)c1. The van der Waals surface area contributed by atoms with Gasteiger partial charge in [0, 0.05) is 5.56 Å². The molecule has 8 nitrogen and oxygen atoms in total. The summed E-state index contributed by atoms with van der Waals surface area (Å²) < 4.78 is 17.5. The van der Waals surface area contributed by atoms with Gasteiger partial charge in [-0.15, -0.1) is 0 Å². The van der Waals surface area contributed by atoms with Crippen molar-refractivity contribution in [1.29, 1.82) is 0 Å². The van der Waals surface area contributed by atoms with Crippen molar-refractivity contribution in [2.45, 2.75) is 0 Å². The Labute approximate surface area is 160 Å². The van der Waals surface area contributed by atoms with E-state index in [1.54, 1.807) is 25.5 Å². The highest BCUT2D eigenvalue weighted by Crippen LogP contribution is 2.36. The van der Waals surface area contributed by atoms with Gasteiger partial charge < -0.3 is 19.3 Å². The number of H-pyrrole nitrogens is 1. The van der Waals surface area contributed by atoms with Crippen molar-refractivity contribution in [3.05, 3.63) is 46.7 Å². The Morgan fingerprint density at radius 1 is 1.07 bits per heavy atom. The molecule has 9 heteroatoms. The Bertz CT molecular complexity index is 1020. The van der Waals surface area contributed by atoms with Gasteiger partial charge in [-0.25, -0.2) is 5.10 Å². The predicted molar refractivity (Wildman–Crippen MR) is 104 cm³/mol. The summed E-state index contributed by atoms with van der Waals surface area (Å²) in [4.78, 5) is 0. The van der Waals surface area contributed by atoms with Crippen LogP contribution in [0.2, 0.25) is 0 Å². The highest BCUT2D eigenvalue weighted by Gasteiger charge is 2.14. The number of nitrogens with zero attached hydrogens (tertiary/aromatic N) is 3. The molecule has 0 amide bonds. The number of phenols is 1. The smallest absolute Gasteiger partial charge is 0.216 e. The van der Waals surface area contributed by atoms with Crippen molar-refractivity contribution in [1.82, 2.24) is 14.9 Å². The van der Waals surface area contributed by atoms with Gasteiger partial charge in [-0.3, -0.25) is 0 Å². The topological polar surface area (TPSA) is 93.9 Å². The van der Waals surface area contributed by atoms with Crippen LogP contribution in [0, 0.1) is 4.77 Å². The minimum atomic E-state index is -0.0771. The second kappa shape index (κ2) is 7.92. The predicted octanol–water partition coefficient (Wildman–Crippen LogP) is 3.22. The Morgan fingerprint density at radius 3 is 2.33 bits per heavy atom. The lowest BCUT2D eigenvalue weighted by Gasteiger charge is -2.09. The third-order valence-corrected chi connectivity index (χ3v) is 4.09. The Morgan fingerprint density at radius 2 is 1.70 bits per heavy atom. The zero-order valence-corrected chi connectivity index (χ0v) is 15.8. The number of nitrogens with one attached hydrogen (secondary N) is 1. The summed E-state index contributed by atoms with van der Waals surface area (Å²) in [5.41, 5.74) is 1.39. The molecule has 0 fully saturated rings. The zero-order valence-electron chi connectivity index (χ0n) is 15.0. The standard InChI is InChI=1S/C18H18N4O4S/c1-24-13-7-5-4-6-12(13)17-20-21-18(27)22(17)19-10-11-8-14(25-2)16(23)15(9-11)26-3/h4-10,23H,1-3H3,(H,21,27)/b19-10+. The van der Waals surface area contributed by atoms with E-state index in [-0.39, 0.29) is 17.2 Å². The molecule has 2 aromatic carbocycles. The number of benzene rings is 2. The van der Waals surface area contributed by atoms with E-state index in [2.05, 4.69) is 15.3 Å². The van der Waals surface area contributed by atoms with Crippen LogP contribution in [0.4, 0.5) is 0 Å². The summed E-state index contributed by atoms with van der Waals surface area (Å²) in [5.74, 6) is 1.63. The summed E-state index contributed by atoms with van der Waals surface area (Å²) in [7, 11) is 4.51. The molecule has 3 aromatic rings. The van der Waals surface area contributed by atoms with E-state index in [4.69, 9.17) is 26.4 Å². The molecule has 0 spiro atoms. The number of hydrogen-bond acceptors (Lipinski definition) is 7. The van der Waals surface area contributed by atoms with Crippen LogP contribution in [0.3, 0.4) is 0 Å². The van der Waals surface area contributed by atoms with Crippen molar-refractivity contribution < 1.29 is 19.3 Å². The van der Waals surface area contributed by atoms with Gasteiger partial charge in [0.1, 0.15) is 5.75 Å². The van der Waals surface area contributed by atoms with Crippen LogP contribution in [0.1, 0.15) is 5.56 Å². The molecule has 0 aliphatic carbocycles. The number of phenolic OH excluding ortho intramolecular Hbond substituents is 1. The number of methoxy groups -OCH3 is 3. The molecule has 0 atom stereocenters.